The van der Waals surface area contributed by atoms with Crippen LogP contribution in [0.15, 0.2) is 24.3 Å². The Morgan fingerprint density at radius 1 is 0.414 bits per heavy atom. The Kier molecular flexibility index (Phi) is 4.93. The molecule has 4 heterocycles. The van der Waals surface area contributed by atoms with Crippen LogP contribution in [0.4, 0.5) is 0 Å². The van der Waals surface area contributed by atoms with Gasteiger partial charge in [0.25, 0.3) is 0 Å². The number of aromatic nitrogens is 4. The van der Waals surface area contributed by atoms with E-state index in [1.165, 1.54) is 58.6 Å². The first-order valence-electron chi connectivity index (χ1n) is 10.3. The second kappa shape index (κ2) is 7.05. The van der Waals surface area contributed by atoms with Crippen LogP contribution >= 0.6 is 0 Å². The molecule has 152 valence electrons. The van der Waals surface area contributed by atoms with Crippen LogP contribution in [-0.2, 0) is 20.3 Å². The molecule has 4 nitrogen and oxygen atoms in total. The van der Waals surface area contributed by atoms with Crippen molar-refractivity contribution in [3.63, 3.8) is 0 Å². The van der Waals surface area contributed by atoms with Gasteiger partial charge < -0.3 is 0 Å². The van der Waals surface area contributed by atoms with Gasteiger partial charge in [0.2, 0.25) is 0 Å². The number of hydrogen-bond acceptors (Lipinski definition) is 0. The van der Waals surface area contributed by atoms with Crippen molar-refractivity contribution >= 4 is 13.1 Å². The first-order valence-corrected chi connectivity index (χ1v) is 15.2. The molecule has 5 heteroatoms. The summed E-state index contributed by atoms with van der Waals surface area (Å²) in [7, 11) is 0. The average molecular weight is 468 g/mol. The molecule has 4 aromatic heterocycles. The van der Waals surface area contributed by atoms with Gasteiger partial charge in [0, 0.05) is 0 Å². The van der Waals surface area contributed by atoms with Crippen molar-refractivity contribution in [2.75, 3.05) is 0 Å². The molecular weight excluding hydrogens is 436 g/mol. The van der Waals surface area contributed by atoms with Gasteiger partial charge in [0.1, 0.15) is 0 Å². The maximum absolute atomic E-state index is 3.62. The summed E-state index contributed by atoms with van der Waals surface area (Å²) in [6.45, 7) is 17.7. The van der Waals surface area contributed by atoms with E-state index in [4.69, 9.17) is 0 Å². The minimum absolute atomic E-state index is 1.23. The number of nitrogens with one attached hydrogen (secondary N) is 4. The minimum atomic E-state index is -3.60. The summed E-state index contributed by atoms with van der Waals surface area (Å²) in [5, 5.41) is 0. The zero-order valence-corrected chi connectivity index (χ0v) is 21.3. The molecule has 0 fully saturated rings. The van der Waals surface area contributed by atoms with Gasteiger partial charge in [0.05, 0.1) is 0 Å². The molecule has 29 heavy (non-hydrogen) atoms. The van der Waals surface area contributed by atoms with E-state index in [-0.39, 0.29) is 0 Å². The van der Waals surface area contributed by atoms with Crippen molar-refractivity contribution in [2.24, 2.45) is 0 Å². The topological polar surface area (TPSA) is 63.2 Å². The van der Waals surface area contributed by atoms with Crippen molar-refractivity contribution in [2.45, 2.75) is 55.4 Å². The third-order valence-corrected chi connectivity index (χ3v) is 19.3. The van der Waals surface area contributed by atoms with Gasteiger partial charge >= 0.3 is 178 Å². The van der Waals surface area contributed by atoms with Crippen molar-refractivity contribution in [1.82, 2.24) is 19.9 Å². The molecule has 0 bridgehead atoms. The number of aryl methyl sites for hydroxylation is 8. The molecule has 4 rings (SSSR count). The van der Waals surface area contributed by atoms with Gasteiger partial charge in [-0.1, -0.05) is 0 Å². The number of hydrogen-bond donors (Lipinski definition) is 4. The van der Waals surface area contributed by atoms with Gasteiger partial charge in [-0.2, -0.15) is 0 Å². The zero-order valence-electron chi connectivity index (χ0n) is 18.8. The van der Waals surface area contributed by atoms with E-state index in [1.807, 2.05) is 0 Å². The van der Waals surface area contributed by atoms with E-state index >= 15 is 0 Å². The normalized spacial score (nSPS) is 12.1. The first-order chi connectivity index (χ1) is 13.6. The molecule has 0 aliphatic rings. The molecule has 0 atom stereocenters. The van der Waals surface area contributed by atoms with Crippen molar-refractivity contribution in [1.29, 1.82) is 0 Å². The molecule has 0 aliphatic carbocycles. The molecule has 4 aromatic rings. The van der Waals surface area contributed by atoms with Crippen molar-refractivity contribution < 1.29 is 20.3 Å². The Balaban J connectivity index is 2.26. The molecular formula is C24H32N4Zr. The molecule has 0 aliphatic heterocycles. The fourth-order valence-electron chi connectivity index (χ4n) is 5.32. The summed E-state index contributed by atoms with van der Waals surface area (Å²) in [5.74, 6) is 0. The SMILES string of the molecule is Cc1c[c]([Zr]([c]2cc(C)[nH]c2C)([c]2cc(C)[nH]c2C)[c]2cc(C)[nH]c2C)c(C)[nH]1. The van der Waals surface area contributed by atoms with Gasteiger partial charge in [-0.15, -0.1) is 0 Å². The van der Waals surface area contributed by atoms with Crippen LogP contribution in [0.5, 0.6) is 0 Å². The molecule has 4 N–H and O–H groups in total. The molecule has 0 saturated carbocycles. The Bertz CT molecular complexity index is 1010. The Hall–Kier alpha value is -2.00. The molecule has 0 unspecified atom stereocenters. The van der Waals surface area contributed by atoms with Gasteiger partial charge in [-0.3, -0.25) is 0 Å². The molecule has 0 radical (unpaired) electrons. The van der Waals surface area contributed by atoms with Crippen LogP contribution in [0.2, 0.25) is 0 Å². The number of H-pyrrole nitrogens is 4. The predicted molar refractivity (Wildman–Crippen MR) is 120 cm³/mol. The van der Waals surface area contributed by atoms with Crippen LogP contribution in [0.3, 0.4) is 0 Å². The fraction of sp³-hybridized carbons (Fsp3) is 0.333. The fourth-order valence-corrected chi connectivity index (χ4v) is 20.0. The average Bonchev–Trinajstić information content (AvgIpc) is 3.33. The zero-order chi connectivity index (χ0) is 21.1. The summed E-state index contributed by atoms with van der Waals surface area (Å²) in [6, 6.07) is 9.65. The van der Waals surface area contributed by atoms with E-state index < -0.39 is 20.3 Å². The van der Waals surface area contributed by atoms with Gasteiger partial charge in [0.15, 0.2) is 0 Å². The van der Waals surface area contributed by atoms with Gasteiger partial charge in [-0.05, 0) is 0 Å². The third-order valence-electron chi connectivity index (χ3n) is 6.21. The Morgan fingerprint density at radius 2 is 0.621 bits per heavy atom. The quantitative estimate of drug-likeness (QED) is 0.356. The van der Waals surface area contributed by atoms with E-state index in [9.17, 15) is 0 Å². The summed E-state index contributed by atoms with van der Waals surface area (Å²) < 4.78 is 6.07. The van der Waals surface area contributed by atoms with E-state index in [1.54, 1.807) is 0 Å². The Morgan fingerprint density at radius 3 is 0.759 bits per heavy atom. The van der Waals surface area contributed by atoms with E-state index in [0.29, 0.717) is 0 Å². The predicted octanol–water partition coefficient (Wildman–Crippen LogP) is 3.22. The van der Waals surface area contributed by atoms with Crippen molar-refractivity contribution in [3.05, 3.63) is 69.8 Å². The molecule has 0 saturated heterocycles. The summed E-state index contributed by atoms with van der Waals surface area (Å²) >= 11 is -3.60. The van der Waals surface area contributed by atoms with Crippen LogP contribution in [0.25, 0.3) is 0 Å². The maximum atomic E-state index is 3.62. The summed E-state index contributed by atoms with van der Waals surface area (Å²) in [6.07, 6.45) is 0. The Labute approximate surface area is 178 Å². The van der Waals surface area contributed by atoms with E-state index in [2.05, 4.69) is 99.6 Å². The summed E-state index contributed by atoms with van der Waals surface area (Å²) in [4.78, 5) is 14.5. The standard InChI is InChI=1S/4C6H8N.Zr/c4*1-5-3-4-6(2)7-5;/h4*3,7H,1-2H3;. The van der Waals surface area contributed by atoms with Crippen LogP contribution in [0, 0.1) is 55.4 Å². The molecule has 0 spiro atoms. The van der Waals surface area contributed by atoms with Gasteiger partial charge in [-0.25, -0.2) is 0 Å². The van der Waals surface area contributed by atoms with Crippen LogP contribution in [-0.4, -0.2) is 19.9 Å². The van der Waals surface area contributed by atoms with E-state index in [0.717, 1.165) is 0 Å². The van der Waals surface area contributed by atoms with Crippen molar-refractivity contribution in [3.8, 4) is 0 Å². The van der Waals surface area contributed by atoms with Crippen LogP contribution < -0.4 is 13.1 Å². The number of aromatic amines is 4. The second-order valence-corrected chi connectivity index (χ2v) is 17.7. The first kappa shape index (κ1) is 20.3. The monoisotopic (exact) mass is 466 g/mol. The van der Waals surface area contributed by atoms with Crippen LogP contribution in [0.1, 0.15) is 45.6 Å². The number of rotatable bonds is 4. The molecule has 0 aromatic carbocycles. The summed E-state index contributed by atoms with van der Waals surface area (Å²) in [5.41, 5.74) is 10.1. The second-order valence-electron chi connectivity index (χ2n) is 8.71. The molecule has 0 amide bonds. The third kappa shape index (κ3) is 3.06.